The maximum Gasteiger partial charge on any atom is 0.253 e. The maximum atomic E-state index is 12.9. The summed E-state index contributed by atoms with van der Waals surface area (Å²) >= 11 is 0. The number of likely N-dealkylation sites (tertiary alicyclic amines) is 1. The number of methoxy groups -OCH3 is 1. The zero-order chi connectivity index (χ0) is 21.8. The van der Waals surface area contributed by atoms with Crippen LogP contribution in [0.3, 0.4) is 0 Å². The molecular weight excluding hydrogens is 390 g/mol. The Bertz CT molecular complexity index is 1030. The Morgan fingerprint density at radius 2 is 1.90 bits per heavy atom. The van der Waals surface area contributed by atoms with Crippen molar-refractivity contribution in [3.63, 3.8) is 0 Å². The number of piperidine rings is 1. The quantitative estimate of drug-likeness (QED) is 0.575. The molecule has 2 aromatic heterocycles. The van der Waals surface area contributed by atoms with E-state index in [2.05, 4.69) is 24.2 Å². The molecule has 0 N–H and O–H groups in total. The molecule has 3 heterocycles. The molecule has 4 rings (SSSR count). The molecule has 1 aromatic carbocycles. The molecule has 31 heavy (non-hydrogen) atoms. The van der Waals surface area contributed by atoms with E-state index in [0.29, 0.717) is 12.5 Å². The molecule has 0 atom stereocenters. The third-order valence-electron chi connectivity index (χ3n) is 5.99. The van der Waals surface area contributed by atoms with Crippen LogP contribution < -0.4 is 0 Å². The topological polar surface area (TPSA) is 68.5 Å². The highest BCUT2D eigenvalue weighted by atomic mass is 16.5. The standard InChI is InChI=1S/C25H29N3O3/c1-4-23-24(17(2)27-31-23)22-7-5-6-21(26-22)19-12-14-28(15-13-19)25(29)20-10-8-18(9-11-20)16-30-3/h5-11,19H,4,12-16H2,1-3H3. The fourth-order valence-electron chi connectivity index (χ4n) is 4.28. The molecule has 1 amide bonds. The number of hydrogen-bond acceptors (Lipinski definition) is 5. The van der Waals surface area contributed by atoms with Gasteiger partial charge in [0.05, 0.1) is 23.6 Å². The average Bonchev–Trinajstić information content (AvgIpc) is 3.20. The predicted octanol–water partition coefficient (Wildman–Crippen LogP) is 4.77. The van der Waals surface area contributed by atoms with Crippen molar-refractivity contribution < 1.29 is 14.1 Å². The molecule has 0 radical (unpaired) electrons. The minimum Gasteiger partial charge on any atom is -0.380 e. The van der Waals surface area contributed by atoms with Gasteiger partial charge in [-0.15, -0.1) is 0 Å². The second kappa shape index (κ2) is 9.43. The van der Waals surface area contributed by atoms with Crippen molar-refractivity contribution in [3.05, 3.63) is 70.7 Å². The number of carbonyl (C=O) groups is 1. The first-order valence-electron chi connectivity index (χ1n) is 10.9. The lowest BCUT2D eigenvalue weighted by atomic mass is 9.92. The molecule has 0 unspecified atom stereocenters. The van der Waals surface area contributed by atoms with E-state index in [9.17, 15) is 4.79 Å². The van der Waals surface area contributed by atoms with Crippen molar-refractivity contribution >= 4 is 5.91 Å². The molecule has 162 valence electrons. The summed E-state index contributed by atoms with van der Waals surface area (Å²) in [5.41, 5.74) is 5.68. The van der Waals surface area contributed by atoms with Crippen molar-refractivity contribution in [1.82, 2.24) is 15.0 Å². The van der Waals surface area contributed by atoms with E-state index in [1.54, 1.807) is 7.11 Å². The smallest absolute Gasteiger partial charge is 0.253 e. The monoisotopic (exact) mass is 419 g/mol. The van der Waals surface area contributed by atoms with Crippen molar-refractivity contribution in [3.8, 4) is 11.3 Å². The molecule has 6 nitrogen and oxygen atoms in total. The lowest BCUT2D eigenvalue weighted by molar-refractivity contribution is 0.0712. The average molecular weight is 420 g/mol. The van der Waals surface area contributed by atoms with Gasteiger partial charge in [0.15, 0.2) is 0 Å². The number of aromatic nitrogens is 2. The highest BCUT2D eigenvalue weighted by Gasteiger charge is 2.26. The van der Waals surface area contributed by atoms with Gasteiger partial charge in [0.2, 0.25) is 0 Å². The van der Waals surface area contributed by atoms with Gasteiger partial charge in [0.1, 0.15) is 5.76 Å². The first kappa shape index (κ1) is 21.2. The summed E-state index contributed by atoms with van der Waals surface area (Å²) < 4.78 is 10.6. The zero-order valence-corrected chi connectivity index (χ0v) is 18.4. The van der Waals surface area contributed by atoms with Gasteiger partial charge in [0.25, 0.3) is 5.91 Å². The molecule has 0 aliphatic carbocycles. The highest BCUT2D eigenvalue weighted by molar-refractivity contribution is 5.94. The minimum absolute atomic E-state index is 0.0943. The van der Waals surface area contributed by atoms with Gasteiger partial charge in [-0.05, 0) is 49.6 Å². The van der Waals surface area contributed by atoms with Gasteiger partial charge in [-0.2, -0.15) is 0 Å². The van der Waals surface area contributed by atoms with Crippen LogP contribution in [0.4, 0.5) is 0 Å². The van der Waals surface area contributed by atoms with Crippen LogP contribution in [0.1, 0.15) is 58.8 Å². The highest BCUT2D eigenvalue weighted by Crippen LogP contribution is 2.31. The lowest BCUT2D eigenvalue weighted by Gasteiger charge is -2.32. The molecule has 1 aliphatic heterocycles. The molecule has 3 aromatic rings. The third kappa shape index (κ3) is 4.54. The number of aryl methyl sites for hydroxylation is 2. The fourth-order valence-corrected chi connectivity index (χ4v) is 4.28. The Balaban J connectivity index is 1.43. The third-order valence-corrected chi connectivity index (χ3v) is 5.99. The summed E-state index contributed by atoms with van der Waals surface area (Å²) in [5, 5.41) is 4.11. The van der Waals surface area contributed by atoms with Crippen LogP contribution in [0, 0.1) is 6.92 Å². The van der Waals surface area contributed by atoms with Crippen molar-refractivity contribution in [1.29, 1.82) is 0 Å². The number of rotatable bonds is 6. The van der Waals surface area contributed by atoms with Crippen LogP contribution in [0.25, 0.3) is 11.3 Å². The summed E-state index contributed by atoms with van der Waals surface area (Å²) in [4.78, 5) is 19.8. The fraction of sp³-hybridized carbons (Fsp3) is 0.400. The molecule has 0 saturated carbocycles. The number of carbonyl (C=O) groups excluding carboxylic acids is 1. The number of amides is 1. The Kier molecular flexibility index (Phi) is 6.47. The number of hydrogen-bond donors (Lipinski definition) is 0. The summed E-state index contributed by atoms with van der Waals surface area (Å²) in [6, 6.07) is 13.9. The summed E-state index contributed by atoms with van der Waals surface area (Å²) in [7, 11) is 1.67. The zero-order valence-electron chi connectivity index (χ0n) is 18.4. The van der Waals surface area contributed by atoms with Crippen molar-refractivity contribution in [2.45, 2.75) is 45.6 Å². The predicted molar refractivity (Wildman–Crippen MR) is 119 cm³/mol. The molecule has 6 heteroatoms. The summed E-state index contributed by atoms with van der Waals surface area (Å²) in [5.74, 6) is 1.31. The second-order valence-corrected chi connectivity index (χ2v) is 8.06. The van der Waals surface area contributed by atoms with Crippen LogP contribution in [0.2, 0.25) is 0 Å². The van der Waals surface area contributed by atoms with E-state index in [-0.39, 0.29) is 5.91 Å². The molecule has 1 fully saturated rings. The van der Waals surface area contributed by atoms with Gasteiger partial charge < -0.3 is 14.2 Å². The van der Waals surface area contributed by atoms with Crippen LogP contribution in [-0.2, 0) is 17.8 Å². The van der Waals surface area contributed by atoms with Gasteiger partial charge in [0, 0.05) is 43.8 Å². The van der Waals surface area contributed by atoms with E-state index in [1.165, 1.54) is 0 Å². The largest absolute Gasteiger partial charge is 0.380 e. The van der Waals surface area contributed by atoms with Gasteiger partial charge >= 0.3 is 0 Å². The Labute approximate surface area is 183 Å². The molecular formula is C25H29N3O3. The normalized spacial score (nSPS) is 14.7. The van der Waals surface area contributed by atoms with E-state index in [1.807, 2.05) is 42.2 Å². The number of nitrogens with zero attached hydrogens (tertiary/aromatic N) is 3. The van der Waals surface area contributed by atoms with Crippen LogP contribution in [0.15, 0.2) is 47.0 Å². The second-order valence-electron chi connectivity index (χ2n) is 8.06. The van der Waals surface area contributed by atoms with E-state index in [0.717, 1.165) is 71.9 Å². The van der Waals surface area contributed by atoms with Gasteiger partial charge in [-0.1, -0.05) is 30.3 Å². The molecule has 1 aliphatic rings. The van der Waals surface area contributed by atoms with E-state index < -0.39 is 0 Å². The van der Waals surface area contributed by atoms with Crippen LogP contribution >= 0.6 is 0 Å². The number of ether oxygens (including phenoxy) is 1. The Morgan fingerprint density at radius 1 is 1.16 bits per heavy atom. The number of pyridine rings is 1. The van der Waals surface area contributed by atoms with Crippen molar-refractivity contribution in [2.75, 3.05) is 20.2 Å². The van der Waals surface area contributed by atoms with Gasteiger partial charge in [-0.25, -0.2) is 0 Å². The Hall–Kier alpha value is -2.99. The maximum absolute atomic E-state index is 12.9. The van der Waals surface area contributed by atoms with Crippen molar-refractivity contribution in [2.24, 2.45) is 0 Å². The first-order chi connectivity index (χ1) is 15.1. The SMILES string of the molecule is CCc1onc(C)c1-c1cccc(C2CCN(C(=O)c3ccc(COC)cc3)CC2)n1. The van der Waals surface area contributed by atoms with Crippen LogP contribution in [0.5, 0.6) is 0 Å². The minimum atomic E-state index is 0.0943. The van der Waals surface area contributed by atoms with Gasteiger partial charge in [-0.3, -0.25) is 9.78 Å². The van der Waals surface area contributed by atoms with Crippen LogP contribution in [-0.4, -0.2) is 41.1 Å². The summed E-state index contributed by atoms with van der Waals surface area (Å²) in [6.45, 7) is 6.05. The molecule has 0 spiro atoms. The lowest BCUT2D eigenvalue weighted by Crippen LogP contribution is -2.38. The Morgan fingerprint density at radius 3 is 2.58 bits per heavy atom. The molecule has 0 bridgehead atoms. The van der Waals surface area contributed by atoms with E-state index >= 15 is 0 Å². The van der Waals surface area contributed by atoms with E-state index in [4.69, 9.17) is 14.2 Å². The number of benzene rings is 1. The molecule has 1 saturated heterocycles. The first-order valence-corrected chi connectivity index (χ1v) is 10.9. The summed E-state index contributed by atoms with van der Waals surface area (Å²) in [6.07, 6.45) is 2.61.